The number of ether oxygens (including phenoxy) is 1. The predicted molar refractivity (Wildman–Crippen MR) is 223 cm³/mol. The number of allylic oxidation sites excluding steroid dienone is 4. The molecule has 9 atom stereocenters. The minimum Gasteiger partial charge on any atom is -0.485 e. The van der Waals surface area contributed by atoms with Crippen LogP contribution in [-0.2, 0) is 24.0 Å². The van der Waals surface area contributed by atoms with Crippen LogP contribution in [0.15, 0.2) is 42.0 Å². The number of halogens is 1. The second-order valence-corrected chi connectivity index (χ2v) is 18.4. The van der Waals surface area contributed by atoms with Gasteiger partial charge in [-0.3, -0.25) is 43.8 Å². The summed E-state index contributed by atoms with van der Waals surface area (Å²) in [6.45, 7) is 10.0. The molecule has 13 nitrogen and oxygen atoms in total. The Hall–Kier alpha value is -4.56. The van der Waals surface area contributed by atoms with Gasteiger partial charge >= 0.3 is 0 Å². The molecule has 2 heterocycles. The fourth-order valence-corrected chi connectivity index (χ4v) is 11.3. The zero-order valence-corrected chi connectivity index (χ0v) is 36.2. The minimum atomic E-state index is -1.95. The number of nitrogens with one attached hydrogen (secondary N) is 2. The van der Waals surface area contributed by atoms with E-state index in [9.17, 15) is 43.8 Å². The molecule has 1 aromatic rings. The molecule has 6 aliphatic rings. The van der Waals surface area contributed by atoms with Crippen molar-refractivity contribution in [2.24, 2.45) is 28.6 Å². The number of aliphatic hydroxyl groups is 2. The SMILES string of the molecule is CCCCC(=O)COc1cccc2c1C(=O)N(C1CCC(=O)NC1=O)C2=O.CCCCCCCNC(=O)[C@@]1(O)[C@H](C)C[C@H]2[C@@H]3CCC4=CC(=O)C=C[C@]4(C)[C@@]3(F)[C@@H](O)C[C@@]21C. The van der Waals surface area contributed by atoms with Gasteiger partial charge in [-0.15, -0.1) is 0 Å². The molecule has 14 heteroatoms. The summed E-state index contributed by atoms with van der Waals surface area (Å²) >= 11 is 0. The number of nitrogens with zero attached hydrogens (tertiary/aromatic N) is 1. The van der Waals surface area contributed by atoms with Gasteiger partial charge in [0.1, 0.15) is 18.4 Å². The van der Waals surface area contributed by atoms with Gasteiger partial charge in [0.05, 0.1) is 17.2 Å². The topological polar surface area (TPSA) is 196 Å². The normalized spacial score (nSPS) is 33.7. The number of hydrogen-bond donors (Lipinski definition) is 4. The highest BCUT2D eigenvalue weighted by Crippen LogP contribution is 2.70. The Morgan fingerprint density at radius 1 is 0.967 bits per heavy atom. The van der Waals surface area contributed by atoms with Crippen molar-refractivity contribution < 1.29 is 52.9 Å². The lowest BCUT2D eigenvalue weighted by Gasteiger charge is -2.62. The van der Waals surface area contributed by atoms with E-state index in [-0.39, 0.29) is 72.1 Å². The summed E-state index contributed by atoms with van der Waals surface area (Å²) in [6, 6.07) is 3.52. The average Bonchev–Trinajstić information content (AvgIpc) is 3.59. The Kier molecular flexibility index (Phi) is 13.6. The first-order valence-electron chi connectivity index (χ1n) is 22.2. The Morgan fingerprint density at radius 2 is 1.69 bits per heavy atom. The van der Waals surface area contributed by atoms with Crippen molar-refractivity contribution in [3.05, 3.63) is 53.1 Å². The van der Waals surface area contributed by atoms with Gasteiger partial charge in [-0.05, 0) is 88.0 Å². The van der Waals surface area contributed by atoms with Crippen molar-refractivity contribution >= 4 is 41.1 Å². The quantitative estimate of drug-likeness (QED) is 0.134. The summed E-state index contributed by atoms with van der Waals surface area (Å²) in [5.41, 5.74) is -4.67. The number of benzene rings is 1. The molecule has 0 bridgehead atoms. The molecular formula is C47H62FN3O10. The number of imide groups is 2. The molecule has 5 amide bonds. The van der Waals surface area contributed by atoms with Crippen LogP contribution < -0.4 is 15.4 Å². The van der Waals surface area contributed by atoms with Gasteiger partial charge in [0.15, 0.2) is 22.8 Å². The van der Waals surface area contributed by atoms with Crippen LogP contribution in [-0.4, -0.2) is 92.8 Å². The summed E-state index contributed by atoms with van der Waals surface area (Å²) in [4.78, 5) is 87.0. The standard InChI is InChI=1S/C28H42FNO4.C19H20N2O6/c1-5-6-7-8-9-14-30-24(33)28(34)18(2)15-22-21-11-10-19-16-20(31)12-13-25(19,3)27(21,29)23(32)17-26(22,28)4;1-2-3-5-11(22)10-27-14-7-4-6-12-16(14)19(26)21(18(12)25)13-8-9-15(23)20-17(13)24/h12-13,16,18,21-23,32,34H,5-11,14-15,17H2,1-4H3,(H,30,33);4,6-7,13H,2-3,5,8-10H2,1H3,(H,20,23,24)/t18-,21+,22+,23+,25+,26+,27+,28+;/m1./s1. The first-order valence-corrected chi connectivity index (χ1v) is 22.2. The number of rotatable bonds is 14. The van der Waals surface area contributed by atoms with Crippen LogP contribution in [0.1, 0.15) is 145 Å². The molecule has 2 aliphatic heterocycles. The predicted octanol–water partition coefficient (Wildman–Crippen LogP) is 5.65. The third kappa shape index (κ3) is 7.91. The van der Waals surface area contributed by atoms with Crippen molar-refractivity contribution in [2.45, 2.75) is 148 Å². The molecule has 7 rings (SSSR count). The second kappa shape index (κ2) is 18.0. The van der Waals surface area contributed by atoms with Crippen molar-refractivity contribution in [1.82, 2.24) is 15.5 Å². The Bertz CT molecular complexity index is 2020. The number of carbonyl (C=O) groups excluding carboxylic acids is 7. The number of Topliss-reactive ketones (excluding diaryl/α,β-unsaturated/α-hetero) is 1. The van der Waals surface area contributed by atoms with E-state index in [2.05, 4.69) is 17.6 Å². The third-order valence-corrected chi connectivity index (χ3v) is 14.8. The van der Waals surface area contributed by atoms with Gasteiger partial charge in [0.2, 0.25) is 11.8 Å². The molecule has 0 spiro atoms. The van der Waals surface area contributed by atoms with E-state index in [0.717, 1.165) is 49.0 Å². The van der Waals surface area contributed by atoms with Crippen LogP contribution in [0.25, 0.3) is 0 Å². The second-order valence-electron chi connectivity index (χ2n) is 18.4. The summed E-state index contributed by atoms with van der Waals surface area (Å²) in [7, 11) is 0. The van der Waals surface area contributed by atoms with Gasteiger partial charge in [-0.25, -0.2) is 4.39 Å². The molecule has 4 fully saturated rings. The zero-order valence-electron chi connectivity index (χ0n) is 36.2. The van der Waals surface area contributed by atoms with Crippen molar-refractivity contribution in [3.63, 3.8) is 0 Å². The average molecular weight is 848 g/mol. The molecular weight excluding hydrogens is 786 g/mol. The Labute approximate surface area is 357 Å². The van der Waals surface area contributed by atoms with Gasteiger partial charge < -0.3 is 20.3 Å². The van der Waals surface area contributed by atoms with E-state index in [4.69, 9.17) is 4.74 Å². The van der Waals surface area contributed by atoms with Crippen molar-refractivity contribution in [2.75, 3.05) is 13.2 Å². The number of alkyl halides is 1. The van der Waals surface area contributed by atoms with Crippen molar-refractivity contribution in [1.29, 1.82) is 0 Å². The number of hydrogen-bond acceptors (Lipinski definition) is 10. The summed E-state index contributed by atoms with van der Waals surface area (Å²) in [5.74, 6) is -3.90. The molecule has 0 aromatic heterocycles. The lowest BCUT2D eigenvalue weighted by atomic mass is 9.44. The fraction of sp³-hybridized carbons (Fsp3) is 0.638. The summed E-state index contributed by atoms with van der Waals surface area (Å²) in [5, 5.41) is 28.4. The van der Waals surface area contributed by atoms with Crippen LogP contribution in [0, 0.1) is 28.6 Å². The number of aliphatic hydroxyl groups excluding tert-OH is 1. The molecule has 0 radical (unpaired) electrons. The molecule has 4 N–H and O–H groups in total. The van der Waals surface area contributed by atoms with Crippen LogP contribution in [0.4, 0.5) is 4.39 Å². The molecule has 332 valence electrons. The van der Waals surface area contributed by atoms with E-state index >= 15 is 4.39 Å². The lowest BCUT2D eigenvalue weighted by Crippen LogP contribution is -2.70. The Balaban J connectivity index is 0.000000210. The number of ketones is 2. The summed E-state index contributed by atoms with van der Waals surface area (Å²) in [6.07, 6.45) is 12.4. The van der Waals surface area contributed by atoms with Gasteiger partial charge in [0.25, 0.3) is 17.7 Å². The van der Waals surface area contributed by atoms with Crippen LogP contribution >= 0.6 is 0 Å². The maximum atomic E-state index is 17.2. The molecule has 61 heavy (non-hydrogen) atoms. The number of amides is 5. The molecule has 1 aromatic carbocycles. The highest BCUT2D eigenvalue weighted by molar-refractivity contribution is 6.24. The fourth-order valence-electron chi connectivity index (χ4n) is 11.3. The van der Waals surface area contributed by atoms with E-state index in [0.29, 0.717) is 32.2 Å². The minimum absolute atomic E-state index is 0.0140. The summed E-state index contributed by atoms with van der Waals surface area (Å²) < 4.78 is 22.7. The van der Waals surface area contributed by atoms with E-state index in [1.807, 2.05) is 20.8 Å². The van der Waals surface area contributed by atoms with Gasteiger partial charge in [-0.2, -0.15) is 0 Å². The first kappa shape index (κ1) is 46.0. The maximum Gasteiger partial charge on any atom is 0.266 e. The van der Waals surface area contributed by atoms with Crippen LogP contribution in [0.2, 0.25) is 0 Å². The zero-order chi connectivity index (χ0) is 44.5. The molecule has 3 saturated carbocycles. The van der Waals surface area contributed by atoms with E-state index in [1.54, 1.807) is 19.1 Å². The Morgan fingerprint density at radius 3 is 2.39 bits per heavy atom. The van der Waals surface area contributed by atoms with Crippen LogP contribution in [0.3, 0.4) is 0 Å². The highest BCUT2D eigenvalue weighted by atomic mass is 19.1. The number of fused-ring (bicyclic) bond motifs is 6. The highest BCUT2D eigenvalue weighted by Gasteiger charge is 2.75. The molecule has 1 unspecified atom stereocenters. The van der Waals surface area contributed by atoms with Crippen LogP contribution in [0.5, 0.6) is 5.75 Å². The van der Waals surface area contributed by atoms with Gasteiger partial charge in [0, 0.05) is 36.1 Å². The number of unbranched alkanes of at least 4 members (excludes halogenated alkanes) is 5. The van der Waals surface area contributed by atoms with Gasteiger partial charge in [-0.1, -0.05) is 77.5 Å². The maximum absolute atomic E-state index is 17.2. The molecule has 1 saturated heterocycles. The first-order chi connectivity index (χ1) is 28.9. The largest absolute Gasteiger partial charge is 0.485 e. The lowest BCUT2D eigenvalue weighted by molar-refractivity contribution is -0.219. The smallest absolute Gasteiger partial charge is 0.266 e. The number of piperidine rings is 1. The van der Waals surface area contributed by atoms with E-state index < -0.39 is 63.8 Å². The third-order valence-electron chi connectivity index (χ3n) is 14.8. The molecule has 4 aliphatic carbocycles. The van der Waals surface area contributed by atoms with Crippen molar-refractivity contribution in [3.8, 4) is 5.75 Å². The number of carbonyl (C=O) groups is 7. The van der Waals surface area contributed by atoms with E-state index in [1.165, 1.54) is 30.7 Å². The monoisotopic (exact) mass is 847 g/mol.